The maximum atomic E-state index is 13.4. The molecule has 5 aliphatic rings. The van der Waals surface area contributed by atoms with Gasteiger partial charge in [-0.1, -0.05) is 32.0 Å². The number of rotatable bonds is 11. The standard InChI is InChI=1S/C40H46IN11O3/c1-4-40(41)36-29(18-42-52(36)27-21-50(22-27)20-26-7-5-10-31(43-26)39(55)51-16-15-23(2)19-51)28-8-6-9-30(35(28)49(40)3)45-32-17-33(46-37(53)24-11-12-24)47-48-34(32)38(54)44-25-13-14-25/h5-10,17-18,23-25,27H,4,11-16,19-22H2,1-3H3,(H,44,54)(H2,45,46,47,53)/t23?,40-/m0/s1. The Balaban J connectivity index is 0.970. The molecule has 9 rings (SSSR count). The topological polar surface area (TPSA) is 154 Å². The molecule has 2 saturated heterocycles. The SMILES string of the molecule is CC[C@@]1(I)c2c(cnn2C2CN(Cc3cccc(C(=O)N4CCC(C)C4)n3)C2)-c2cccc(Nc3cc(NC(=O)C4CC4)nnc3C(=O)NC3CC3)c2N1C. The first-order valence-electron chi connectivity index (χ1n) is 19.5. The summed E-state index contributed by atoms with van der Waals surface area (Å²) in [5.74, 6) is 0.502. The first-order valence-corrected chi connectivity index (χ1v) is 20.6. The van der Waals surface area contributed by atoms with Crippen molar-refractivity contribution in [3.05, 3.63) is 71.4 Å². The van der Waals surface area contributed by atoms with Crippen molar-refractivity contribution in [1.82, 2.24) is 40.1 Å². The van der Waals surface area contributed by atoms with E-state index < -0.39 is 3.55 Å². The Morgan fingerprint density at radius 1 is 0.964 bits per heavy atom. The van der Waals surface area contributed by atoms with Gasteiger partial charge in [0.25, 0.3) is 11.8 Å². The summed E-state index contributed by atoms with van der Waals surface area (Å²) >= 11 is 2.57. The Morgan fingerprint density at radius 2 is 1.76 bits per heavy atom. The second-order valence-corrected chi connectivity index (χ2v) is 17.6. The van der Waals surface area contributed by atoms with Crippen LogP contribution in [0.3, 0.4) is 0 Å². The predicted octanol–water partition coefficient (Wildman–Crippen LogP) is 5.71. The molecule has 1 aromatic carbocycles. The van der Waals surface area contributed by atoms with E-state index in [4.69, 9.17) is 10.1 Å². The summed E-state index contributed by atoms with van der Waals surface area (Å²) < 4.78 is 1.79. The quantitative estimate of drug-likeness (QED) is 0.0973. The van der Waals surface area contributed by atoms with E-state index >= 15 is 0 Å². The van der Waals surface area contributed by atoms with Crippen LogP contribution >= 0.6 is 22.6 Å². The lowest BCUT2D eigenvalue weighted by Gasteiger charge is -2.47. The number of likely N-dealkylation sites (tertiary alicyclic amines) is 2. The smallest absolute Gasteiger partial charge is 0.274 e. The fraction of sp³-hybridized carbons (Fsp3) is 0.475. The van der Waals surface area contributed by atoms with Gasteiger partial charge in [-0.2, -0.15) is 5.10 Å². The summed E-state index contributed by atoms with van der Waals surface area (Å²) in [5.41, 5.74) is 7.16. The summed E-state index contributed by atoms with van der Waals surface area (Å²) in [4.78, 5) is 50.5. The Bertz CT molecular complexity index is 2180. The Hall–Kier alpha value is -4.64. The Kier molecular flexibility index (Phi) is 9.26. The van der Waals surface area contributed by atoms with E-state index in [1.807, 2.05) is 41.4 Å². The van der Waals surface area contributed by atoms with Gasteiger partial charge >= 0.3 is 0 Å². The third kappa shape index (κ3) is 6.83. The lowest BCUT2D eigenvalue weighted by Crippen LogP contribution is -2.50. The van der Waals surface area contributed by atoms with Crippen molar-refractivity contribution < 1.29 is 14.4 Å². The molecule has 0 spiro atoms. The molecule has 3 N–H and O–H groups in total. The molecule has 4 fully saturated rings. The highest BCUT2D eigenvalue weighted by Crippen LogP contribution is 2.55. The molecule has 2 atom stereocenters. The zero-order valence-corrected chi connectivity index (χ0v) is 33.5. The van der Waals surface area contributed by atoms with Crippen LogP contribution in [0.25, 0.3) is 11.1 Å². The van der Waals surface area contributed by atoms with Gasteiger partial charge in [-0.3, -0.25) is 24.0 Å². The number of amides is 3. The summed E-state index contributed by atoms with van der Waals surface area (Å²) in [6.07, 6.45) is 7.48. The van der Waals surface area contributed by atoms with E-state index in [2.05, 4.69) is 90.2 Å². The summed E-state index contributed by atoms with van der Waals surface area (Å²) in [7, 11) is 2.11. The molecule has 15 heteroatoms. The first-order chi connectivity index (χ1) is 26.6. The van der Waals surface area contributed by atoms with Gasteiger partial charge in [0.05, 0.1) is 40.7 Å². The number of hydrogen-bond acceptors (Lipinski definition) is 10. The maximum absolute atomic E-state index is 13.4. The number of nitrogens with one attached hydrogen (secondary N) is 3. The molecule has 55 heavy (non-hydrogen) atoms. The largest absolute Gasteiger partial charge is 0.353 e. The van der Waals surface area contributed by atoms with E-state index in [1.54, 1.807) is 6.07 Å². The van der Waals surface area contributed by atoms with Gasteiger partial charge in [0.2, 0.25) is 5.91 Å². The molecule has 0 radical (unpaired) electrons. The van der Waals surface area contributed by atoms with Crippen molar-refractivity contribution >= 4 is 63.2 Å². The van der Waals surface area contributed by atoms with Crippen LogP contribution in [0.5, 0.6) is 0 Å². The molecule has 6 heterocycles. The van der Waals surface area contributed by atoms with E-state index in [1.165, 1.54) is 0 Å². The average molecular weight is 856 g/mol. The number of pyridine rings is 1. The van der Waals surface area contributed by atoms with Crippen LogP contribution in [-0.4, -0.2) is 91.8 Å². The highest BCUT2D eigenvalue weighted by atomic mass is 127. The molecule has 2 saturated carbocycles. The second kappa shape index (κ2) is 14.1. The van der Waals surface area contributed by atoms with Crippen LogP contribution in [-0.2, 0) is 14.9 Å². The number of carbonyl (C=O) groups excluding carboxylic acids is 3. The van der Waals surface area contributed by atoms with Gasteiger partial charge in [0.15, 0.2) is 11.5 Å². The zero-order valence-electron chi connectivity index (χ0n) is 31.4. The van der Waals surface area contributed by atoms with Crippen LogP contribution in [0.2, 0.25) is 0 Å². The first kappa shape index (κ1) is 36.0. The number of para-hydroxylation sites is 1. The molecule has 1 unspecified atom stereocenters. The molecular formula is C40H46IN11O3. The molecule has 14 nitrogen and oxygen atoms in total. The Labute approximate surface area is 334 Å². The van der Waals surface area contributed by atoms with E-state index in [0.717, 1.165) is 98.6 Å². The number of nitrogens with zero attached hydrogens (tertiary/aromatic N) is 8. The van der Waals surface area contributed by atoms with Gasteiger partial charge in [-0.05, 0) is 85.2 Å². The van der Waals surface area contributed by atoms with Crippen LogP contribution in [0.15, 0.2) is 48.7 Å². The molecule has 4 aromatic rings. The molecule has 3 aliphatic heterocycles. The van der Waals surface area contributed by atoms with E-state index in [-0.39, 0.29) is 41.4 Å². The third-order valence-electron chi connectivity index (χ3n) is 11.6. The van der Waals surface area contributed by atoms with Crippen LogP contribution in [0.4, 0.5) is 22.9 Å². The van der Waals surface area contributed by atoms with Crippen LogP contribution in [0.1, 0.15) is 90.8 Å². The summed E-state index contributed by atoms with van der Waals surface area (Å²) in [6, 6.07) is 14.0. The number of alkyl halides is 1. The minimum atomic E-state index is -0.426. The molecule has 3 aromatic heterocycles. The zero-order chi connectivity index (χ0) is 38.0. The van der Waals surface area contributed by atoms with Crippen molar-refractivity contribution in [3.8, 4) is 11.1 Å². The van der Waals surface area contributed by atoms with Gasteiger partial charge < -0.3 is 25.8 Å². The Morgan fingerprint density at radius 3 is 2.49 bits per heavy atom. The second-order valence-electron chi connectivity index (χ2n) is 15.9. The fourth-order valence-corrected chi connectivity index (χ4v) is 8.90. The van der Waals surface area contributed by atoms with E-state index in [9.17, 15) is 14.4 Å². The van der Waals surface area contributed by atoms with Crippen LogP contribution in [0, 0.1) is 11.8 Å². The lowest BCUT2D eigenvalue weighted by atomic mass is 9.91. The van der Waals surface area contributed by atoms with Crippen LogP contribution < -0.4 is 20.9 Å². The third-order valence-corrected chi connectivity index (χ3v) is 13.6. The molecule has 0 bridgehead atoms. The van der Waals surface area contributed by atoms with Crippen molar-refractivity contribution in [2.75, 3.05) is 48.8 Å². The van der Waals surface area contributed by atoms with Gasteiger partial charge in [0, 0.05) is 68.9 Å². The molecular weight excluding hydrogens is 809 g/mol. The highest BCUT2D eigenvalue weighted by Gasteiger charge is 2.46. The number of benzene rings is 1. The minimum Gasteiger partial charge on any atom is -0.353 e. The predicted molar refractivity (Wildman–Crippen MR) is 217 cm³/mol. The number of fused-ring (bicyclic) bond motifs is 3. The van der Waals surface area contributed by atoms with Crippen molar-refractivity contribution in [1.29, 1.82) is 0 Å². The van der Waals surface area contributed by atoms with Gasteiger partial charge in [-0.25, -0.2) is 4.98 Å². The van der Waals surface area contributed by atoms with E-state index in [0.29, 0.717) is 29.7 Å². The maximum Gasteiger partial charge on any atom is 0.274 e. The molecule has 2 aliphatic carbocycles. The van der Waals surface area contributed by atoms with Gasteiger partial charge in [-0.15, -0.1) is 10.2 Å². The van der Waals surface area contributed by atoms with Gasteiger partial charge in [0.1, 0.15) is 9.24 Å². The summed E-state index contributed by atoms with van der Waals surface area (Å²) in [5, 5.41) is 23.0. The number of hydrogen-bond donors (Lipinski definition) is 3. The van der Waals surface area contributed by atoms with Crippen molar-refractivity contribution in [2.45, 2.75) is 74.5 Å². The normalized spacial score (nSPS) is 22.1. The number of carbonyl (C=O) groups is 3. The molecule has 286 valence electrons. The fourth-order valence-electron chi connectivity index (χ4n) is 8.12. The number of aromatic nitrogens is 5. The lowest BCUT2D eigenvalue weighted by molar-refractivity contribution is -0.117. The average Bonchev–Trinajstić information content (AvgIpc) is 4.10. The number of halogens is 1. The minimum absolute atomic E-state index is 0.00413. The number of anilines is 4. The van der Waals surface area contributed by atoms with Crippen molar-refractivity contribution in [2.24, 2.45) is 11.8 Å². The molecule has 3 amide bonds. The van der Waals surface area contributed by atoms with Crippen molar-refractivity contribution in [3.63, 3.8) is 0 Å². The monoisotopic (exact) mass is 855 g/mol. The highest BCUT2D eigenvalue weighted by molar-refractivity contribution is 14.1. The summed E-state index contributed by atoms with van der Waals surface area (Å²) in [6.45, 7) is 8.31.